The number of carbonyl (C=O) groups excluding carboxylic acids is 1. The number of aromatic nitrogens is 2. The Morgan fingerprint density at radius 2 is 1.88 bits per heavy atom. The zero-order valence-corrected chi connectivity index (χ0v) is 14.4. The van der Waals surface area contributed by atoms with Crippen LogP contribution in [0.25, 0.3) is 11.0 Å². The van der Waals surface area contributed by atoms with Crippen molar-refractivity contribution in [1.29, 1.82) is 0 Å². The molecule has 1 heterocycles. The fourth-order valence-corrected chi connectivity index (χ4v) is 2.74. The first-order valence-corrected chi connectivity index (χ1v) is 8.05. The standard InChI is InChI=1S/C17H14BrN3O3/c1-11-16(17(22)19-10-12-6-8-13(18)9-7-12)21(24)15-5-3-2-4-14(15)20(11)23/h2-9H,10H2,1H3,(H,19,22). The summed E-state index contributed by atoms with van der Waals surface area (Å²) in [6.45, 7) is 1.72. The number of hydrogen-bond acceptors (Lipinski definition) is 3. The van der Waals surface area contributed by atoms with Crippen molar-refractivity contribution >= 4 is 32.9 Å². The summed E-state index contributed by atoms with van der Waals surface area (Å²) in [6, 6.07) is 13.8. The molecule has 0 aliphatic rings. The predicted octanol–water partition coefficient (Wildman–Crippen LogP) is 2.90. The van der Waals surface area contributed by atoms with E-state index in [1.54, 1.807) is 18.2 Å². The fourth-order valence-electron chi connectivity index (χ4n) is 2.48. The van der Waals surface area contributed by atoms with Gasteiger partial charge in [0.1, 0.15) is 5.52 Å². The van der Waals surface area contributed by atoms with Crippen LogP contribution in [0.15, 0.2) is 53.0 Å². The maximum Gasteiger partial charge on any atom is 0.346 e. The van der Waals surface area contributed by atoms with Crippen LogP contribution in [0.4, 0.5) is 0 Å². The van der Waals surface area contributed by atoms with Crippen molar-refractivity contribution in [3.63, 3.8) is 0 Å². The van der Waals surface area contributed by atoms with Gasteiger partial charge in [0.2, 0.25) is 0 Å². The Morgan fingerprint density at radius 1 is 1.21 bits per heavy atom. The molecule has 24 heavy (non-hydrogen) atoms. The van der Waals surface area contributed by atoms with E-state index in [0.717, 1.165) is 10.0 Å². The molecule has 3 aromatic rings. The summed E-state index contributed by atoms with van der Waals surface area (Å²) in [5, 5.41) is 15.0. The van der Waals surface area contributed by atoms with Crippen molar-refractivity contribution in [2.45, 2.75) is 13.5 Å². The van der Waals surface area contributed by atoms with Gasteiger partial charge in [0.05, 0.1) is 10.1 Å². The van der Waals surface area contributed by atoms with Gasteiger partial charge in [0.25, 0.3) is 5.52 Å². The molecule has 0 radical (unpaired) electrons. The van der Waals surface area contributed by atoms with Gasteiger partial charge in [0, 0.05) is 22.0 Å². The molecule has 0 aliphatic carbocycles. The first kappa shape index (κ1) is 16.2. The molecule has 0 saturated carbocycles. The van der Waals surface area contributed by atoms with Gasteiger partial charge in [-0.05, 0) is 30.7 Å². The molecule has 0 fully saturated rings. The average Bonchev–Trinajstić information content (AvgIpc) is 2.59. The Bertz CT molecular complexity index is 981. The first-order chi connectivity index (χ1) is 11.5. The van der Waals surface area contributed by atoms with Crippen molar-refractivity contribution in [3.05, 3.63) is 80.1 Å². The second-order valence-electron chi connectivity index (χ2n) is 5.32. The highest BCUT2D eigenvalue weighted by molar-refractivity contribution is 9.10. The van der Waals surface area contributed by atoms with Gasteiger partial charge in [0.15, 0.2) is 0 Å². The van der Waals surface area contributed by atoms with Gasteiger partial charge in [-0.15, -0.1) is 0 Å². The van der Waals surface area contributed by atoms with E-state index in [0.29, 0.717) is 9.16 Å². The Morgan fingerprint density at radius 3 is 2.58 bits per heavy atom. The third-order valence-electron chi connectivity index (χ3n) is 3.75. The molecule has 0 atom stereocenters. The molecular weight excluding hydrogens is 374 g/mol. The monoisotopic (exact) mass is 387 g/mol. The average molecular weight is 388 g/mol. The normalized spacial score (nSPS) is 10.8. The molecular formula is C17H14BrN3O3. The van der Waals surface area contributed by atoms with E-state index in [-0.39, 0.29) is 29.0 Å². The fraction of sp³-hybridized carbons (Fsp3) is 0.118. The Kier molecular flexibility index (Phi) is 4.35. The molecule has 1 amide bonds. The number of hydrogen-bond donors (Lipinski definition) is 1. The van der Waals surface area contributed by atoms with E-state index in [9.17, 15) is 14.9 Å². The molecule has 0 bridgehead atoms. The smallest absolute Gasteiger partial charge is 0.346 e. The summed E-state index contributed by atoms with van der Waals surface area (Å²) in [5.74, 6) is -0.583. The first-order valence-electron chi connectivity index (χ1n) is 7.26. The lowest BCUT2D eigenvalue weighted by atomic mass is 10.2. The summed E-state index contributed by atoms with van der Waals surface area (Å²) in [6.07, 6.45) is 0. The zero-order chi connectivity index (χ0) is 17.3. The highest BCUT2D eigenvalue weighted by Crippen LogP contribution is 2.14. The molecule has 2 aromatic carbocycles. The van der Waals surface area contributed by atoms with Crippen LogP contribution < -0.4 is 9.74 Å². The highest BCUT2D eigenvalue weighted by atomic mass is 79.9. The third-order valence-corrected chi connectivity index (χ3v) is 4.28. The number of nitrogens with one attached hydrogen (secondary N) is 1. The lowest BCUT2D eigenvalue weighted by Gasteiger charge is -2.16. The largest absolute Gasteiger partial charge is 0.805 e. The topological polar surface area (TPSA) is 80.1 Å². The van der Waals surface area contributed by atoms with Crippen molar-refractivity contribution in [1.82, 2.24) is 10.0 Å². The van der Waals surface area contributed by atoms with Crippen LogP contribution >= 0.6 is 15.9 Å². The summed E-state index contributed by atoms with van der Waals surface area (Å²) >= 11 is 3.34. The van der Waals surface area contributed by atoms with Crippen LogP contribution in [-0.2, 0) is 6.54 Å². The number of halogens is 1. The summed E-state index contributed by atoms with van der Waals surface area (Å²) in [5.41, 5.74) is 1.15. The lowest BCUT2D eigenvalue weighted by Crippen LogP contribution is -2.36. The van der Waals surface area contributed by atoms with Gasteiger partial charge >= 0.3 is 11.6 Å². The minimum absolute atomic E-state index is 0.0667. The second kappa shape index (κ2) is 6.45. The van der Waals surface area contributed by atoms with E-state index in [1.165, 1.54) is 13.0 Å². The molecule has 0 unspecified atom stereocenters. The van der Waals surface area contributed by atoms with Gasteiger partial charge in [-0.1, -0.05) is 40.2 Å². The SMILES string of the molecule is Cc1c(C(=O)NCc2ccc(Br)cc2)[n+](=O)c2ccccc2n1[O-]. The van der Waals surface area contributed by atoms with E-state index in [4.69, 9.17) is 0 Å². The lowest BCUT2D eigenvalue weighted by molar-refractivity contribution is -0.468. The number of nitrogens with zero attached hydrogens (tertiary/aromatic N) is 2. The Balaban J connectivity index is 1.95. The Labute approximate surface area is 146 Å². The maximum atomic E-state index is 12.5. The molecule has 1 N–H and O–H groups in total. The van der Waals surface area contributed by atoms with E-state index in [1.807, 2.05) is 24.3 Å². The zero-order valence-electron chi connectivity index (χ0n) is 12.8. The van der Waals surface area contributed by atoms with Gasteiger partial charge in [-0.25, -0.2) is 0 Å². The molecule has 0 spiro atoms. The van der Waals surface area contributed by atoms with Crippen LogP contribution in [0.3, 0.4) is 0 Å². The number of fused-ring (bicyclic) bond motifs is 1. The molecule has 6 nitrogen and oxygen atoms in total. The minimum Gasteiger partial charge on any atom is -0.805 e. The summed E-state index contributed by atoms with van der Waals surface area (Å²) in [4.78, 5) is 24.9. The minimum atomic E-state index is -0.583. The van der Waals surface area contributed by atoms with Crippen LogP contribution in [-0.4, -0.2) is 10.6 Å². The maximum absolute atomic E-state index is 12.5. The highest BCUT2D eigenvalue weighted by Gasteiger charge is 2.26. The van der Waals surface area contributed by atoms with E-state index < -0.39 is 5.91 Å². The Hall–Kier alpha value is -2.67. The predicted molar refractivity (Wildman–Crippen MR) is 94.1 cm³/mol. The van der Waals surface area contributed by atoms with E-state index >= 15 is 0 Å². The number of amides is 1. The number of rotatable bonds is 3. The van der Waals surface area contributed by atoms with Gasteiger partial charge < -0.3 is 15.3 Å². The van der Waals surface area contributed by atoms with Crippen molar-refractivity contribution < 1.29 is 9.22 Å². The second-order valence-corrected chi connectivity index (χ2v) is 6.24. The molecule has 7 heteroatoms. The molecule has 0 aliphatic heterocycles. The van der Waals surface area contributed by atoms with Crippen molar-refractivity contribution in [3.8, 4) is 0 Å². The number of carbonyl (C=O) groups is 1. The van der Waals surface area contributed by atoms with Gasteiger partial charge in [-0.2, -0.15) is 0 Å². The van der Waals surface area contributed by atoms with Crippen LogP contribution in [0.1, 0.15) is 21.7 Å². The van der Waals surface area contributed by atoms with Crippen LogP contribution in [0.5, 0.6) is 0 Å². The van der Waals surface area contributed by atoms with Crippen molar-refractivity contribution in [2.75, 3.05) is 0 Å². The summed E-state index contributed by atoms with van der Waals surface area (Å²) < 4.78 is 2.06. The summed E-state index contributed by atoms with van der Waals surface area (Å²) in [7, 11) is 0. The number of para-hydroxylation sites is 2. The van der Waals surface area contributed by atoms with Gasteiger partial charge in [-0.3, -0.25) is 4.79 Å². The molecule has 122 valence electrons. The molecule has 3 rings (SSSR count). The quantitative estimate of drug-likeness (QED) is 0.701. The molecule has 1 aromatic heterocycles. The third kappa shape index (κ3) is 2.90. The molecule has 0 saturated heterocycles. The van der Waals surface area contributed by atoms with Crippen LogP contribution in [0.2, 0.25) is 0 Å². The number of benzene rings is 2. The van der Waals surface area contributed by atoms with Crippen LogP contribution in [0, 0.1) is 17.0 Å². The van der Waals surface area contributed by atoms with Crippen molar-refractivity contribution in [2.24, 2.45) is 0 Å². The van der Waals surface area contributed by atoms with E-state index in [2.05, 4.69) is 21.2 Å².